The summed E-state index contributed by atoms with van der Waals surface area (Å²) >= 11 is 12.3. The molecular formula is C33H51Cl2N5O4. The fraction of sp³-hybridized carbons (Fsp3) is 0.545. The Hall–Kier alpha value is -3.01. The van der Waals surface area contributed by atoms with Crippen molar-refractivity contribution >= 4 is 58.1 Å². The molecule has 0 saturated carbocycles. The number of aldehydes is 1. The highest BCUT2D eigenvalue weighted by Gasteiger charge is 2.21. The highest BCUT2D eigenvalue weighted by Crippen LogP contribution is 2.23. The van der Waals surface area contributed by atoms with E-state index in [0.29, 0.717) is 40.7 Å². The van der Waals surface area contributed by atoms with Crippen LogP contribution in [-0.2, 0) is 19.2 Å². The van der Waals surface area contributed by atoms with E-state index in [9.17, 15) is 19.2 Å². The molecule has 1 aromatic carbocycles. The number of hydrogen-bond donors (Lipinski definition) is 3. The summed E-state index contributed by atoms with van der Waals surface area (Å²) in [5.74, 6) is -0.108. The van der Waals surface area contributed by atoms with Crippen LogP contribution in [0.25, 0.3) is 11.0 Å². The van der Waals surface area contributed by atoms with Crippen molar-refractivity contribution in [3.05, 3.63) is 51.8 Å². The molecule has 0 spiro atoms. The van der Waals surface area contributed by atoms with Gasteiger partial charge in [-0.05, 0) is 78.0 Å². The number of rotatable bonds is 10. The Bertz CT molecular complexity index is 1250. The number of ketones is 1. The van der Waals surface area contributed by atoms with E-state index in [1.54, 1.807) is 31.2 Å². The largest absolute Gasteiger partial charge is 0.356 e. The van der Waals surface area contributed by atoms with Gasteiger partial charge in [0.05, 0.1) is 23.0 Å². The molecule has 1 saturated heterocycles. The number of allylic oxidation sites excluding steroid dienone is 2. The van der Waals surface area contributed by atoms with Crippen LogP contribution in [0.5, 0.6) is 0 Å². The Morgan fingerprint density at radius 3 is 2.36 bits per heavy atom. The van der Waals surface area contributed by atoms with Gasteiger partial charge < -0.3 is 25.3 Å². The molecule has 3 rings (SSSR count). The van der Waals surface area contributed by atoms with Crippen LogP contribution in [0.2, 0.25) is 5.02 Å². The van der Waals surface area contributed by atoms with Crippen molar-refractivity contribution in [1.82, 2.24) is 25.5 Å². The predicted molar refractivity (Wildman–Crippen MR) is 182 cm³/mol. The molecule has 2 aromatic rings. The number of amides is 2. The zero-order valence-corrected chi connectivity index (χ0v) is 29.2. The molecule has 1 aromatic heterocycles. The van der Waals surface area contributed by atoms with Crippen molar-refractivity contribution in [2.24, 2.45) is 11.8 Å². The van der Waals surface area contributed by atoms with Gasteiger partial charge in [0.25, 0.3) is 5.91 Å². The number of carbonyl (C=O) groups excluding carboxylic acids is 4. The van der Waals surface area contributed by atoms with Crippen LogP contribution >= 0.6 is 23.2 Å². The van der Waals surface area contributed by atoms with Crippen LogP contribution in [0, 0.1) is 11.8 Å². The number of benzene rings is 1. The molecule has 44 heavy (non-hydrogen) atoms. The van der Waals surface area contributed by atoms with Gasteiger partial charge >= 0.3 is 0 Å². The average molecular weight is 653 g/mol. The van der Waals surface area contributed by atoms with Gasteiger partial charge in [0.15, 0.2) is 0 Å². The van der Waals surface area contributed by atoms with Crippen molar-refractivity contribution in [1.29, 1.82) is 0 Å². The van der Waals surface area contributed by atoms with Gasteiger partial charge in [-0.25, -0.2) is 4.98 Å². The van der Waals surface area contributed by atoms with Crippen molar-refractivity contribution in [2.45, 2.75) is 79.7 Å². The Labute approximate surface area is 273 Å². The van der Waals surface area contributed by atoms with Crippen LogP contribution < -0.4 is 10.6 Å². The maximum atomic E-state index is 12.8. The van der Waals surface area contributed by atoms with E-state index in [4.69, 9.17) is 23.2 Å². The number of halogens is 2. The van der Waals surface area contributed by atoms with Crippen LogP contribution in [0.4, 0.5) is 0 Å². The molecule has 11 heteroatoms. The lowest BCUT2D eigenvalue weighted by molar-refractivity contribution is -0.128. The standard InChI is InChI=1S/C21H25Cl2N3O2.C7H11NO2.C3H9N.C2H6/c1-5-7-14(10-16(23)12(3)13(4)27)21(28)26-17(6-2)20-24-18-9-8-15(22)11-19(18)25-20;9-5-3-6-2-1-4-8-7(6)10;1-4(2)3;1-2/h7-12,17H,5-6H2,1-4H3,(H,24,25)(H,26,28);5-6H,1-4H2,(H,8,10);1-3H3;1-2H3/b14-7+,16-10+;;;. The Kier molecular flexibility index (Phi) is 21.0. The minimum absolute atomic E-state index is 0.0401. The van der Waals surface area contributed by atoms with E-state index in [1.807, 2.05) is 59.8 Å². The van der Waals surface area contributed by atoms with Gasteiger partial charge in [-0.2, -0.15) is 0 Å². The quantitative estimate of drug-likeness (QED) is 0.148. The van der Waals surface area contributed by atoms with Crippen LogP contribution in [0.1, 0.15) is 85.5 Å². The number of hydrogen-bond acceptors (Lipinski definition) is 6. The molecule has 9 nitrogen and oxygen atoms in total. The molecule has 3 atom stereocenters. The topological polar surface area (TPSA) is 124 Å². The lowest BCUT2D eigenvalue weighted by atomic mass is 9.96. The summed E-state index contributed by atoms with van der Waals surface area (Å²) in [6.07, 6.45) is 7.74. The van der Waals surface area contributed by atoms with Crippen molar-refractivity contribution < 1.29 is 19.2 Å². The average Bonchev–Trinajstić information content (AvgIpc) is 3.40. The molecule has 0 radical (unpaired) electrons. The first-order valence-electron chi connectivity index (χ1n) is 15.2. The van der Waals surface area contributed by atoms with E-state index >= 15 is 0 Å². The Balaban J connectivity index is 0.000000948. The minimum Gasteiger partial charge on any atom is -0.356 e. The summed E-state index contributed by atoms with van der Waals surface area (Å²) in [5.41, 5.74) is 2.03. The smallest absolute Gasteiger partial charge is 0.251 e. The number of imidazole rings is 1. The first-order valence-corrected chi connectivity index (χ1v) is 16.0. The molecular weight excluding hydrogens is 601 g/mol. The lowest BCUT2D eigenvalue weighted by Gasteiger charge is -2.19. The predicted octanol–water partition coefficient (Wildman–Crippen LogP) is 6.77. The second-order valence-electron chi connectivity index (χ2n) is 10.5. The zero-order valence-electron chi connectivity index (χ0n) is 27.7. The van der Waals surface area contributed by atoms with Gasteiger partial charge in [0.1, 0.15) is 17.9 Å². The summed E-state index contributed by atoms with van der Waals surface area (Å²) < 4.78 is 0. The molecule has 1 aliphatic heterocycles. The van der Waals surface area contributed by atoms with Crippen LogP contribution in [-0.4, -0.2) is 66.4 Å². The monoisotopic (exact) mass is 651 g/mol. The van der Waals surface area contributed by atoms with E-state index in [-0.39, 0.29) is 29.6 Å². The maximum Gasteiger partial charge on any atom is 0.251 e. The first kappa shape index (κ1) is 41.0. The van der Waals surface area contributed by atoms with Gasteiger partial charge in [-0.1, -0.05) is 63.9 Å². The number of aromatic nitrogens is 2. The Morgan fingerprint density at radius 2 is 1.84 bits per heavy atom. The molecule has 1 fully saturated rings. The number of nitrogens with one attached hydrogen (secondary N) is 3. The number of H-pyrrole nitrogens is 1. The molecule has 3 unspecified atom stereocenters. The summed E-state index contributed by atoms with van der Waals surface area (Å²) in [7, 11) is 6.00. The highest BCUT2D eigenvalue weighted by atomic mass is 35.5. The number of Topliss-reactive ketones (excluding diaryl/α,β-unsaturated/α-hetero) is 1. The third-order valence-corrected chi connectivity index (χ3v) is 6.96. The van der Waals surface area contributed by atoms with E-state index in [0.717, 1.165) is 36.7 Å². The molecule has 2 amide bonds. The fourth-order valence-electron chi connectivity index (χ4n) is 3.85. The Morgan fingerprint density at radius 1 is 1.20 bits per heavy atom. The number of nitrogens with zero attached hydrogens (tertiary/aromatic N) is 2. The normalized spacial score (nSPS) is 16.2. The molecule has 2 heterocycles. The second kappa shape index (κ2) is 22.5. The fourth-order valence-corrected chi connectivity index (χ4v) is 4.30. The summed E-state index contributed by atoms with van der Waals surface area (Å²) in [4.78, 5) is 55.1. The SMILES string of the molecule is CC.CC/C=C(\C=C(\Cl)C(C)C(C)=O)C(=O)NC(CC)c1nc2ccc(Cl)cc2[nH]1.CN(C)C.O=CCC1CCCNC1=O. The summed E-state index contributed by atoms with van der Waals surface area (Å²) in [6, 6.07) is 5.12. The number of fused-ring (bicyclic) bond motifs is 1. The molecule has 0 aliphatic carbocycles. The zero-order chi connectivity index (χ0) is 33.8. The van der Waals surface area contributed by atoms with Gasteiger partial charge in [-0.15, -0.1) is 0 Å². The van der Waals surface area contributed by atoms with Crippen LogP contribution in [0.3, 0.4) is 0 Å². The summed E-state index contributed by atoms with van der Waals surface area (Å²) in [5, 5.41) is 6.67. The molecule has 3 N–H and O–H groups in total. The lowest BCUT2D eigenvalue weighted by Crippen LogP contribution is -2.36. The molecule has 1 aliphatic rings. The second-order valence-corrected chi connectivity index (χ2v) is 11.4. The number of aromatic amines is 1. The van der Waals surface area contributed by atoms with Crippen molar-refractivity contribution in [3.8, 4) is 0 Å². The number of carbonyl (C=O) groups is 4. The van der Waals surface area contributed by atoms with E-state index in [1.165, 1.54) is 6.92 Å². The van der Waals surface area contributed by atoms with Crippen LogP contribution in [0.15, 0.2) is 41.0 Å². The molecule has 246 valence electrons. The van der Waals surface area contributed by atoms with Gasteiger partial charge in [0, 0.05) is 34.5 Å². The number of piperidine rings is 1. The third kappa shape index (κ3) is 15.1. The van der Waals surface area contributed by atoms with E-state index in [2.05, 4.69) is 20.6 Å². The maximum absolute atomic E-state index is 12.8. The van der Waals surface area contributed by atoms with E-state index < -0.39 is 5.92 Å². The first-order chi connectivity index (χ1) is 20.8. The van der Waals surface area contributed by atoms with Gasteiger partial charge in [0.2, 0.25) is 5.91 Å². The summed E-state index contributed by atoms with van der Waals surface area (Å²) in [6.45, 7) is 11.9. The van der Waals surface area contributed by atoms with Gasteiger partial charge in [-0.3, -0.25) is 14.4 Å². The van der Waals surface area contributed by atoms with Crippen molar-refractivity contribution in [2.75, 3.05) is 27.7 Å². The van der Waals surface area contributed by atoms with Crippen molar-refractivity contribution in [3.63, 3.8) is 0 Å². The third-order valence-electron chi connectivity index (χ3n) is 6.29. The molecule has 0 bridgehead atoms. The minimum atomic E-state index is -0.447. The highest BCUT2D eigenvalue weighted by molar-refractivity contribution is 6.32.